The van der Waals surface area contributed by atoms with Gasteiger partial charge in [-0.1, -0.05) is 12.1 Å². The van der Waals surface area contributed by atoms with Crippen LogP contribution in [0.1, 0.15) is 30.4 Å². The van der Waals surface area contributed by atoms with Crippen LogP contribution in [0.25, 0.3) is 11.1 Å². The Kier molecular flexibility index (Phi) is 4.93. The highest BCUT2D eigenvalue weighted by Crippen LogP contribution is 2.38. The third-order valence-corrected chi connectivity index (χ3v) is 6.00. The molecule has 9 nitrogen and oxygen atoms in total. The molecule has 1 aromatic heterocycles. The van der Waals surface area contributed by atoms with Crippen LogP contribution in [0, 0.1) is 5.41 Å². The quantitative estimate of drug-likeness (QED) is 0.251. The molecule has 2 aromatic carbocycles. The molecule has 164 valence electrons. The number of rotatable bonds is 3. The van der Waals surface area contributed by atoms with Crippen LogP contribution in [0.15, 0.2) is 42.5 Å². The van der Waals surface area contributed by atoms with Crippen LogP contribution >= 0.6 is 0 Å². The van der Waals surface area contributed by atoms with E-state index in [-0.39, 0.29) is 11.4 Å². The number of hydrogen-bond acceptors (Lipinski definition) is 6. The van der Waals surface area contributed by atoms with Crippen LogP contribution in [0.4, 0.5) is 27.8 Å². The van der Waals surface area contributed by atoms with Crippen LogP contribution in [-0.2, 0) is 6.42 Å². The van der Waals surface area contributed by atoms with E-state index in [1.54, 1.807) is 6.07 Å². The number of piperidine rings is 1. The molecule has 1 fully saturated rings. The van der Waals surface area contributed by atoms with E-state index in [0.29, 0.717) is 16.2 Å². The van der Waals surface area contributed by atoms with Gasteiger partial charge in [0.1, 0.15) is 5.82 Å². The summed E-state index contributed by atoms with van der Waals surface area (Å²) in [7, 11) is 0. The van der Waals surface area contributed by atoms with Crippen molar-refractivity contribution < 1.29 is 10.0 Å². The summed E-state index contributed by atoms with van der Waals surface area (Å²) in [6, 6.07) is 12.8. The Hall–Kier alpha value is -4.01. The number of benzene rings is 2. The van der Waals surface area contributed by atoms with Gasteiger partial charge in [0.15, 0.2) is 5.82 Å². The van der Waals surface area contributed by atoms with Crippen LogP contribution in [0.3, 0.4) is 0 Å². The summed E-state index contributed by atoms with van der Waals surface area (Å²) in [5, 5.41) is 23.6. The number of carbonyl (C=O) groups excluding carboxylic acids is 1. The second kappa shape index (κ2) is 7.92. The predicted molar refractivity (Wildman–Crippen MR) is 123 cm³/mol. The molecule has 1 aliphatic heterocycles. The highest BCUT2D eigenvalue weighted by Gasteiger charge is 2.20. The van der Waals surface area contributed by atoms with Gasteiger partial charge in [-0.05, 0) is 72.2 Å². The molecule has 2 aliphatic rings. The number of hydrogen-bond donors (Lipinski definition) is 5. The Morgan fingerprint density at radius 3 is 2.50 bits per heavy atom. The molecule has 0 atom stereocenters. The number of fused-ring (bicyclic) bond motifs is 3. The second-order valence-electron chi connectivity index (χ2n) is 8.23. The highest BCUT2D eigenvalue weighted by atomic mass is 16.5. The molecule has 32 heavy (non-hydrogen) atoms. The standard InChI is InChI=1S/C23H25N7O2/c24-16-4-6-18-14(11-16)10-15-12-17(5-7-19(15)18)26-23(31)28-21-13-20(27-22(25)30(21)32)29-8-2-1-3-9-29/h4-7,11-13,25,32H,1-3,8-10,24H2,(H2,26,28,31). The molecule has 2 heterocycles. The van der Waals surface area contributed by atoms with E-state index in [4.69, 9.17) is 11.1 Å². The molecular formula is C23H25N7O2. The van der Waals surface area contributed by atoms with E-state index >= 15 is 0 Å². The summed E-state index contributed by atoms with van der Waals surface area (Å²) in [4.78, 5) is 18.8. The van der Waals surface area contributed by atoms with Crippen molar-refractivity contribution in [3.05, 3.63) is 59.2 Å². The zero-order chi connectivity index (χ0) is 22.2. The van der Waals surface area contributed by atoms with Gasteiger partial charge in [-0.15, -0.1) is 4.73 Å². The minimum Gasteiger partial charge on any atom is -0.423 e. The number of amides is 2. The molecule has 9 heteroatoms. The molecule has 5 rings (SSSR count). The second-order valence-corrected chi connectivity index (χ2v) is 8.23. The van der Waals surface area contributed by atoms with Gasteiger partial charge in [-0.3, -0.25) is 10.7 Å². The van der Waals surface area contributed by atoms with Gasteiger partial charge < -0.3 is 21.2 Å². The van der Waals surface area contributed by atoms with E-state index in [1.807, 2.05) is 36.4 Å². The smallest absolute Gasteiger partial charge is 0.324 e. The summed E-state index contributed by atoms with van der Waals surface area (Å²) in [5.41, 5.74) is 11.5. The monoisotopic (exact) mass is 431 g/mol. The topological polar surface area (TPSA) is 132 Å². The zero-order valence-electron chi connectivity index (χ0n) is 17.6. The van der Waals surface area contributed by atoms with Crippen molar-refractivity contribution >= 4 is 29.0 Å². The first-order valence-corrected chi connectivity index (χ1v) is 10.7. The van der Waals surface area contributed by atoms with Crippen molar-refractivity contribution in [2.75, 3.05) is 34.4 Å². The van der Waals surface area contributed by atoms with Gasteiger partial charge in [-0.25, -0.2) is 4.79 Å². The average molecular weight is 432 g/mol. The summed E-state index contributed by atoms with van der Waals surface area (Å²) in [6.07, 6.45) is 4.04. The maximum absolute atomic E-state index is 12.6. The molecule has 2 amide bonds. The van der Waals surface area contributed by atoms with E-state index in [2.05, 4.69) is 20.5 Å². The molecular weight excluding hydrogens is 406 g/mol. The Balaban J connectivity index is 1.32. The van der Waals surface area contributed by atoms with Crippen LogP contribution < -0.4 is 26.9 Å². The lowest BCUT2D eigenvalue weighted by Gasteiger charge is -2.28. The fraction of sp³-hybridized carbons (Fsp3) is 0.261. The maximum Gasteiger partial charge on any atom is 0.324 e. The molecule has 0 radical (unpaired) electrons. The van der Waals surface area contributed by atoms with Gasteiger partial charge in [0.2, 0.25) is 0 Å². The fourth-order valence-electron chi connectivity index (χ4n) is 4.45. The molecule has 6 N–H and O–H groups in total. The zero-order valence-corrected chi connectivity index (χ0v) is 17.6. The Bertz CT molecular complexity index is 1260. The van der Waals surface area contributed by atoms with Crippen LogP contribution in [0.5, 0.6) is 0 Å². The molecule has 1 aliphatic carbocycles. The molecule has 0 bridgehead atoms. The van der Waals surface area contributed by atoms with Crippen LogP contribution in [-0.4, -0.2) is 34.0 Å². The molecule has 0 saturated carbocycles. The van der Waals surface area contributed by atoms with E-state index in [0.717, 1.165) is 54.7 Å². The Morgan fingerprint density at radius 2 is 1.72 bits per heavy atom. The summed E-state index contributed by atoms with van der Waals surface area (Å²) in [5.74, 6) is 0.664. The first-order valence-electron chi connectivity index (χ1n) is 10.7. The molecule has 3 aromatic rings. The van der Waals surface area contributed by atoms with Gasteiger partial charge >= 0.3 is 6.03 Å². The van der Waals surface area contributed by atoms with Gasteiger partial charge in [0.05, 0.1) is 0 Å². The number of nitrogens with zero attached hydrogens (tertiary/aromatic N) is 3. The predicted octanol–water partition coefficient (Wildman–Crippen LogP) is 3.39. The van der Waals surface area contributed by atoms with E-state index in [9.17, 15) is 10.0 Å². The van der Waals surface area contributed by atoms with Crippen molar-refractivity contribution in [3.63, 3.8) is 0 Å². The van der Waals surface area contributed by atoms with Gasteiger partial charge in [0.25, 0.3) is 5.62 Å². The lowest BCUT2D eigenvalue weighted by Crippen LogP contribution is -2.34. The lowest BCUT2D eigenvalue weighted by atomic mass is 10.1. The van der Waals surface area contributed by atoms with Crippen molar-refractivity contribution in [2.45, 2.75) is 25.7 Å². The van der Waals surface area contributed by atoms with Crippen molar-refractivity contribution in [1.82, 2.24) is 9.71 Å². The molecule has 0 unspecified atom stereocenters. The fourth-order valence-corrected chi connectivity index (χ4v) is 4.45. The number of nitrogen functional groups attached to an aromatic ring is 1. The van der Waals surface area contributed by atoms with Crippen LogP contribution in [0.2, 0.25) is 0 Å². The van der Waals surface area contributed by atoms with Crippen molar-refractivity contribution in [3.8, 4) is 11.1 Å². The van der Waals surface area contributed by atoms with E-state index in [1.165, 1.54) is 12.0 Å². The van der Waals surface area contributed by atoms with Gasteiger partial charge in [0, 0.05) is 30.5 Å². The summed E-state index contributed by atoms with van der Waals surface area (Å²) in [6.45, 7) is 1.69. The summed E-state index contributed by atoms with van der Waals surface area (Å²) >= 11 is 0. The molecule has 1 saturated heterocycles. The van der Waals surface area contributed by atoms with Crippen molar-refractivity contribution in [1.29, 1.82) is 5.41 Å². The largest absolute Gasteiger partial charge is 0.423 e. The Labute approximate surface area is 185 Å². The number of nitrogens with two attached hydrogens (primary N) is 1. The maximum atomic E-state index is 12.6. The number of anilines is 4. The SMILES string of the molecule is N=c1nc(N2CCCCC2)cc(NC(=O)Nc2ccc3c(c2)Cc2cc(N)ccc2-3)n1O. The third kappa shape index (κ3) is 3.73. The normalized spacial score (nSPS) is 14.6. The first kappa shape index (κ1) is 19.9. The average Bonchev–Trinajstić information content (AvgIpc) is 3.13. The highest BCUT2D eigenvalue weighted by molar-refractivity contribution is 5.99. The van der Waals surface area contributed by atoms with Crippen molar-refractivity contribution in [2.24, 2.45) is 0 Å². The minimum absolute atomic E-state index is 0.0899. The Morgan fingerprint density at radius 1 is 1.00 bits per heavy atom. The minimum atomic E-state index is -0.511. The molecule has 0 spiro atoms. The van der Waals surface area contributed by atoms with E-state index < -0.39 is 6.03 Å². The summed E-state index contributed by atoms with van der Waals surface area (Å²) < 4.78 is 0.566. The lowest BCUT2D eigenvalue weighted by molar-refractivity contribution is 0.171. The number of carbonyl (C=O) groups is 1. The van der Waals surface area contributed by atoms with Gasteiger partial charge in [-0.2, -0.15) is 4.98 Å². The number of nitrogens with one attached hydrogen (secondary N) is 3. The third-order valence-electron chi connectivity index (χ3n) is 6.00. The number of urea groups is 1. The first-order chi connectivity index (χ1) is 15.5. The number of aromatic nitrogens is 2.